The second-order valence-corrected chi connectivity index (χ2v) is 6.85. The summed E-state index contributed by atoms with van der Waals surface area (Å²) < 4.78 is 5.19. The Morgan fingerprint density at radius 2 is 1.81 bits per heavy atom. The first-order chi connectivity index (χ1) is 12.8. The van der Waals surface area contributed by atoms with Gasteiger partial charge >= 0.3 is 0 Å². The Morgan fingerprint density at radius 3 is 2.33 bits per heavy atom. The molecule has 1 aliphatic heterocycles. The Balaban J connectivity index is 1.99. The number of aliphatic imine (C=N–C) groups is 1. The minimum absolute atomic E-state index is 0.0770. The first-order valence-corrected chi connectivity index (χ1v) is 8.62. The van der Waals surface area contributed by atoms with Crippen LogP contribution >= 0.6 is 0 Å². The number of nitrogens with zero attached hydrogens (tertiary/aromatic N) is 2. The lowest BCUT2D eigenvalue weighted by molar-refractivity contribution is -0.128. The Kier molecular flexibility index (Phi) is 4.89. The first-order valence-electron chi connectivity index (χ1n) is 8.62. The van der Waals surface area contributed by atoms with Crippen LogP contribution in [0.2, 0.25) is 0 Å². The highest BCUT2D eigenvalue weighted by Crippen LogP contribution is 2.36. The molecular formula is C20H23N3O4. The third-order valence-electron chi connectivity index (χ3n) is 5.12. The van der Waals surface area contributed by atoms with Gasteiger partial charge in [0.25, 0.3) is 5.91 Å². The Labute approximate surface area is 158 Å². The van der Waals surface area contributed by atoms with Crippen LogP contribution in [0, 0.1) is 0 Å². The van der Waals surface area contributed by atoms with Gasteiger partial charge < -0.3 is 14.7 Å². The number of carbonyl (C=O) groups is 2. The predicted octanol–water partition coefficient (Wildman–Crippen LogP) is 0.840. The molecule has 27 heavy (non-hydrogen) atoms. The number of methoxy groups -OCH3 is 1. The Hall–Kier alpha value is -2.93. The third-order valence-corrected chi connectivity index (χ3v) is 5.12. The van der Waals surface area contributed by atoms with Gasteiger partial charge in [0.2, 0.25) is 5.96 Å². The number of amides is 1. The quantitative estimate of drug-likeness (QED) is 0.803. The topological polar surface area (TPSA) is 91.2 Å². The van der Waals surface area contributed by atoms with Crippen molar-refractivity contribution >= 4 is 17.6 Å². The van der Waals surface area contributed by atoms with Crippen LogP contribution in [0.15, 0.2) is 53.6 Å². The molecule has 0 aromatic heterocycles. The van der Waals surface area contributed by atoms with E-state index < -0.39 is 11.1 Å². The van der Waals surface area contributed by atoms with Crippen LogP contribution in [0.25, 0.3) is 0 Å². The monoisotopic (exact) mass is 369 g/mol. The molecule has 1 amide bonds. The summed E-state index contributed by atoms with van der Waals surface area (Å²) in [4.78, 5) is 30.3. The summed E-state index contributed by atoms with van der Waals surface area (Å²) in [5.41, 5.74) is -1.55. The number of allylic oxidation sites excluding steroid dienone is 2. The van der Waals surface area contributed by atoms with Gasteiger partial charge in [-0.15, -0.1) is 0 Å². The van der Waals surface area contributed by atoms with Crippen molar-refractivity contribution in [1.82, 2.24) is 10.2 Å². The summed E-state index contributed by atoms with van der Waals surface area (Å²) in [7, 11) is 4.97. The van der Waals surface area contributed by atoms with E-state index in [1.807, 2.05) is 24.3 Å². The van der Waals surface area contributed by atoms with Crippen LogP contribution in [0.3, 0.4) is 0 Å². The largest absolute Gasteiger partial charge is 0.497 e. The van der Waals surface area contributed by atoms with Gasteiger partial charge in [0.1, 0.15) is 16.9 Å². The summed E-state index contributed by atoms with van der Waals surface area (Å²) in [6.45, 7) is 0. The van der Waals surface area contributed by atoms with Crippen molar-refractivity contribution < 1.29 is 19.4 Å². The molecular weight excluding hydrogens is 346 g/mol. The van der Waals surface area contributed by atoms with Crippen molar-refractivity contribution in [1.29, 1.82) is 0 Å². The number of hydrogen-bond acceptors (Lipinski definition) is 5. The van der Waals surface area contributed by atoms with Crippen molar-refractivity contribution in [2.24, 2.45) is 4.99 Å². The third kappa shape index (κ3) is 3.50. The molecule has 1 aromatic carbocycles. The summed E-state index contributed by atoms with van der Waals surface area (Å²) >= 11 is 0. The second kappa shape index (κ2) is 7.00. The van der Waals surface area contributed by atoms with Gasteiger partial charge in [-0.2, -0.15) is 0 Å². The van der Waals surface area contributed by atoms with Crippen LogP contribution < -0.4 is 10.1 Å². The summed E-state index contributed by atoms with van der Waals surface area (Å²) in [6, 6.07) is 7.45. The van der Waals surface area contributed by atoms with E-state index in [9.17, 15) is 14.7 Å². The van der Waals surface area contributed by atoms with E-state index in [1.165, 1.54) is 24.3 Å². The SMILES string of the molecule is CN=C1NC(=O)C(Cc2ccc(OC)cc2)(CC2(O)C=CC(=O)C=C2)N1C. The Morgan fingerprint density at radius 1 is 1.19 bits per heavy atom. The molecule has 1 unspecified atom stereocenters. The average Bonchev–Trinajstić information content (AvgIpc) is 2.89. The van der Waals surface area contributed by atoms with Crippen molar-refractivity contribution in [2.75, 3.05) is 21.2 Å². The fourth-order valence-electron chi connectivity index (χ4n) is 3.55. The van der Waals surface area contributed by atoms with Gasteiger partial charge in [-0.1, -0.05) is 12.1 Å². The van der Waals surface area contributed by atoms with E-state index in [1.54, 1.807) is 26.1 Å². The normalized spacial score (nSPS) is 25.2. The average molecular weight is 369 g/mol. The summed E-state index contributed by atoms with van der Waals surface area (Å²) in [5.74, 6) is 0.734. The molecule has 1 fully saturated rings. The standard InChI is InChI=1S/C20H23N3O4/c1-21-18-22-17(25)20(23(18)2,12-14-4-6-16(27-3)7-5-14)13-19(26)10-8-15(24)9-11-19/h4-11,26H,12-13H2,1-3H3,(H,21,22,25). The van der Waals surface area contributed by atoms with Gasteiger partial charge in [0.05, 0.1) is 7.11 Å². The highest BCUT2D eigenvalue weighted by molar-refractivity contribution is 6.09. The minimum Gasteiger partial charge on any atom is -0.497 e. The van der Waals surface area contributed by atoms with Crippen LogP contribution in [0.5, 0.6) is 5.75 Å². The zero-order chi connectivity index (χ0) is 19.7. The molecule has 0 spiro atoms. The number of benzene rings is 1. The van der Waals surface area contributed by atoms with E-state index >= 15 is 0 Å². The van der Waals surface area contributed by atoms with E-state index in [0.29, 0.717) is 12.4 Å². The lowest BCUT2D eigenvalue weighted by Crippen LogP contribution is -2.54. The number of ether oxygens (including phenoxy) is 1. The van der Waals surface area contributed by atoms with Crippen molar-refractivity contribution in [2.45, 2.75) is 24.0 Å². The number of guanidine groups is 1. The van der Waals surface area contributed by atoms with E-state index in [2.05, 4.69) is 10.3 Å². The number of carbonyl (C=O) groups excluding carboxylic acids is 2. The number of likely N-dealkylation sites (N-methyl/N-ethyl adjacent to an activating group) is 1. The van der Waals surface area contributed by atoms with E-state index in [4.69, 9.17) is 4.74 Å². The lowest BCUT2D eigenvalue weighted by atomic mass is 9.77. The zero-order valence-electron chi connectivity index (χ0n) is 15.6. The van der Waals surface area contributed by atoms with Gasteiger partial charge in [-0.3, -0.25) is 19.9 Å². The van der Waals surface area contributed by atoms with Crippen molar-refractivity contribution in [3.05, 3.63) is 54.1 Å². The maximum absolute atomic E-state index is 13.0. The number of hydrogen-bond donors (Lipinski definition) is 2. The molecule has 7 heteroatoms. The maximum Gasteiger partial charge on any atom is 0.253 e. The van der Waals surface area contributed by atoms with Gasteiger partial charge in [-0.05, 0) is 42.0 Å². The van der Waals surface area contributed by atoms with Crippen LogP contribution in [0.1, 0.15) is 12.0 Å². The fourth-order valence-corrected chi connectivity index (χ4v) is 3.55. The lowest BCUT2D eigenvalue weighted by Gasteiger charge is -2.39. The molecule has 1 atom stereocenters. The molecule has 3 rings (SSSR count). The molecule has 0 saturated carbocycles. The van der Waals surface area contributed by atoms with Gasteiger partial charge in [-0.25, -0.2) is 0 Å². The number of aliphatic hydroxyl groups is 1. The van der Waals surface area contributed by atoms with E-state index in [0.717, 1.165) is 11.3 Å². The number of nitrogens with one attached hydrogen (secondary N) is 1. The predicted molar refractivity (Wildman–Crippen MR) is 102 cm³/mol. The first kappa shape index (κ1) is 18.8. The van der Waals surface area contributed by atoms with Crippen molar-refractivity contribution in [3.63, 3.8) is 0 Å². The highest BCUT2D eigenvalue weighted by atomic mass is 16.5. The van der Waals surface area contributed by atoms with Crippen LogP contribution in [-0.2, 0) is 16.0 Å². The zero-order valence-corrected chi connectivity index (χ0v) is 15.6. The second-order valence-electron chi connectivity index (χ2n) is 6.85. The molecule has 2 N–H and O–H groups in total. The molecule has 1 heterocycles. The highest BCUT2D eigenvalue weighted by Gasteiger charge is 2.53. The number of ketones is 1. The van der Waals surface area contributed by atoms with Gasteiger partial charge in [0, 0.05) is 26.9 Å². The fraction of sp³-hybridized carbons (Fsp3) is 0.350. The maximum atomic E-state index is 13.0. The number of rotatable bonds is 5. The molecule has 1 saturated heterocycles. The molecule has 7 nitrogen and oxygen atoms in total. The Bertz CT molecular complexity index is 825. The molecule has 0 bridgehead atoms. The van der Waals surface area contributed by atoms with Crippen LogP contribution in [0.4, 0.5) is 0 Å². The minimum atomic E-state index is -1.41. The van der Waals surface area contributed by atoms with Gasteiger partial charge in [0.15, 0.2) is 5.78 Å². The summed E-state index contributed by atoms with van der Waals surface area (Å²) in [5, 5.41) is 13.8. The van der Waals surface area contributed by atoms with Crippen molar-refractivity contribution in [3.8, 4) is 5.75 Å². The molecule has 0 radical (unpaired) electrons. The molecule has 1 aromatic rings. The summed E-state index contributed by atoms with van der Waals surface area (Å²) in [6.07, 6.45) is 5.95. The van der Waals surface area contributed by atoms with Crippen LogP contribution in [-0.4, -0.2) is 60.0 Å². The molecule has 1 aliphatic carbocycles. The van der Waals surface area contributed by atoms with E-state index in [-0.39, 0.29) is 18.1 Å². The molecule has 142 valence electrons. The smallest absolute Gasteiger partial charge is 0.253 e. The molecule has 2 aliphatic rings.